The van der Waals surface area contributed by atoms with Crippen molar-refractivity contribution in [2.24, 2.45) is 0 Å². The zero-order valence-electron chi connectivity index (χ0n) is 19.3. The van der Waals surface area contributed by atoms with Crippen LogP contribution in [0.1, 0.15) is 13.9 Å². The molecule has 0 aliphatic carbocycles. The number of para-hydroxylation sites is 1. The summed E-state index contributed by atoms with van der Waals surface area (Å²) in [5.41, 5.74) is 6.52. The Morgan fingerprint density at radius 3 is 2.31 bits per heavy atom. The van der Waals surface area contributed by atoms with Gasteiger partial charge < -0.3 is 4.42 Å². The molecule has 0 aliphatic rings. The first-order valence-electron chi connectivity index (χ1n) is 11.6. The topological polar surface area (TPSA) is 26.0 Å². The molecule has 0 atom stereocenters. The first-order chi connectivity index (χ1) is 16.6. The van der Waals surface area contributed by atoms with Gasteiger partial charge in [-0.2, -0.15) is 0 Å². The van der Waals surface area contributed by atoms with E-state index in [4.69, 9.17) is 7.16 Å². The number of furan rings is 1. The van der Waals surface area contributed by atoms with E-state index in [0.717, 1.165) is 38.6 Å². The second kappa shape index (κ2) is 7.82. The van der Waals surface area contributed by atoms with Crippen LogP contribution < -0.4 is 0 Å². The van der Waals surface area contributed by atoms with Crippen molar-refractivity contribution < 1.29 is 7.16 Å². The van der Waals surface area contributed by atoms with E-state index in [1.54, 1.807) is 12.3 Å². The summed E-state index contributed by atoms with van der Waals surface area (Å²) in [6.45, 7) is 0. The Labute approximate surface area is 189 Å². The largest absolute Gasteiger partial charge is 0.455 e. The number of rotatable bonds is 4. The van der Waals surface area contributed by atoms with Gasteiger partial charge in [0.05, 0.1) is 5.69 Å². The highest BCUT2D eigenvalue weighted by atomic mass is 16.3. The number of hydrogen-bond donors (Lipinski definition) is 0. The molecule has 0 saturated heterocycles. The molecule has 6 rings (SSSR count). The third kappa shape index (κ3) is 3.36. The summed E-state index contributed by atoms with van der Waals surface area (Å²) < 4.78 is 23.9. The molecule has 2 heteroatoms. The van der Waals surface area contributed by atoms with E-state index in [-0.39, 0.29) is 0 Å². The summed E-state index contributed by atoms with van der Waals surface area (Å²) >= 11 is 0. The predicted octanol–water partition coefficient (Wildman–Crippen LogP) is 7.91. The molecule has 152 valence electrons. The summed E-state index contributed by atoms with van der Waals surface area (Å²) in [5, 5.41) is 2.07. The third-order valence-electron chi connectivity index (χ3n) is 5.70. The Kier molecular flexibility index (Phi) is 4.04. The van der Waals surface area contributed by atoms with Crippen LogP contribution in [0.5, 0.6) is 0 Å². The predicted molar refractivity (Wildman–Crippen MR) is 132 cm³/mol. The van der Waals surface area contributed by atoms with Gasteiger partial charge in [-0.1, -0.05) is 78.9 Å². The highest BCUT2D eigenvalue weighted by molar-refractivity contribution is 6.10. The van der Waals surface area contributed by atoms with E-state index < -0.39 is 6.37 Å². The monoisotopic (exact) mass is 413 g/mol. The summed E-state index contributed by atoms with van der Waals surface area (Å²) in [6.07, 6.45) is 0.0335. The van der Waals surface area contributed by atoms with Crippen molar-refractivity contribution >= 4 is 21.9 Å². The maximum Gasteiger partial charge on any atom is 0.144 e. The van der Waals surface area contributed by atoms with Gasteiger partial charge in [0.1, 0.15) is 11.2 Å². The molecule has 0 N–H and O–H groups in total. The Hall–Kier alpha value is -4.17. The number of pyridine rings is 1. The molecule has 2 heterocycles. The highest BCUT2D eigenvalue weighted by Crippen LogP contribution is 2.37. The maximum atomic E-state index is 8.74. The zero-order chi connectivity index (χ0) is 23.1. The summed E-state index contributed by atoms with van der Waals surface area (Å²) in [4.78, 5) is 4.58. The van der Waals surface area contributed by atoms with E-state index in [1.807, 2.05) is 66.7 Å². The standard InChI is InChI=1S/C30H21NO/c1-3-8-21(9-4-1)18-22-16-17-31-28(19-22)27-13-7-12-26-25-15-14-24(20-29(25)32-30(26)27)23-10-5-2-6-11-23/h1-17,19-20H,18H2/i18D2. The average molecular weight is 414 g/mol. The van der Waals surface area contributed by atoms with Gasteiger partial charge in [0.2, 0.25) is 0 Å². The lowest BCUT2D eigenvalue weighted by atomic mass is 10.0. The lowest BCUT2D eigenvalue weighted by Gasteiger charge is -2.06. The van der Waals surface area contributed by atoms with Gasteiger partial charge in [-0.3, -0.25) is 4.98 Å². The Morgan fingerprint density at radius 1 is 0.656 bits per heavy atom. The van der Waals surface area contributed by atoms with E-state index in [9.17, 15) is 0 Å². The van der Waals surface area contributed by atoms with Crippen LogP contribution in [0.15, 0.2) is 120 Å². The molecular formula is C30H21NO. The van der Waals surface area contributed by atoms with Crippen LogP contribution in [0.2, 0.25) is 0 Å². The van der Waals surface area contributed by atoms with Crippen LogP contribution in [0.25, 0.3) is 44.3 Å². The Balaban J connectivity index is 1.48. The number of nitrogens with zero attached hydrogens (tertiary/aromatic N) is 1. The fourth-order valence-corrected chi connectivity index (χ4v) is 4.15. The van der Waals surface area contributed by atoms with Gasteiger partial charge in [0.15, 0.2) is 0 Å². The van der Waals surface area contributed by atoms with Crippen LogP contribution in [-0.2, 0) is 6.37 Å². The molecule has 0 saturated carbocycles. The molecule has 6 aromatic rings. The fraction of sp³-hybridized carbons (Fsp3) is 0.0333. The minimum atomic E-state index is -1.63. The van der Waals surface area contributed by atoms with Gasteiger partial charge in [-0.05, 0) is 59.0 Å². The molecule has 2 nitrogen and oxygen atoms in total. The van der Waals surface area contributed by atoms with Crippen LogP contribution in [0.4, 0.5) is 0 Å². The lowest BCUT2D eigenvalue weighted by molar-refractivity contribution is 0.670. The number of benzene rings is 4. The van der Waals surface area contributed by atoms with Gasteiger partial charge in [0, 0.05) is 25.3 Å². The van der Waals surface area contributed by atoms with E-state index in [2.05, 4.69) is 41.4 Å². The Bertz CT molecular complexity index is 1620. The van der Waals surface area contributed by atoms with Gasteiger partial charge in [0.25, 0.3) is 0 Å². The number of hydrogen-bond acceptors (Lipinski definition) is 2. The first-order valence-corrected chi connectivity index (χ1v) is 10.6. The molecule has 4 aromatic carbocycles. The van der Waals surface area contributed by atoms with Crippen molar-refractivity contribution in [3.63, 3.8) is 0 Å². The average Bonchev–Trinajstić information content (AvgIpc) is 3.28. The molecule has 0 aliphatic heterocycles. The van der Waals surface area contributed by atoms with Gasteiger partial charge >= 0.3 is 0 Å². The summed E-state index contributed by atoms with van der Waals surface area (Å²) in [7, 11) is 0. The van der Waals surface area contributed by atoms with Crippen molar-refractivity contribution in [3.8, 4) is 22.4 Å². The van der Waals surface area contributed by atoms with Crippen molar-refractivity contribution in [1.29, 1.82) is 0 Å². The number of aromatic nitrogens is 1. The fourth-order valence-electron chi connectivity index (χ4n) is 4.15. The summed E-state index contributed by atoms with van der Waals surface area (Å²) in [6, 6.07) is 35.4. The van der Waals surface area contributed by atoms with Crippen LogP contribution >= 0.6 is 0 Å². The minimum absolute atomic E-state index is 0.558. The molecule has 0 spiro atoms. The van der Waals surface area contributed by atoms with Crippen molar-refractivity contribution in [3.05, 3.63) is 127 Å². The Morgan fingerprint density at radius 2 is 1.47 bits per heavy atom. The molecule has 0 amide bonds. The van der Waals surface area contributed by atoms with Crippen LogP contribution in [0, 0.1) is 0 Å². The third-order valence-corrected chi connectivity index (χ3v) is 5.70. The van der Waals surface area contributed by atoms with Crippen molar-refractivity contribution in [2.75, 3.05) is 0 Å². The molecule has 32 heavy (non-hydrogen) atoms. The maximum absolute atomic E-state index is 8.74. The SMILES string of the molecule is [2H]C([2H])(c1ccccc1)c1ccnc(-c2cccc3c2oc2cc(-c4ccccc4)ccc23)c1. The van der Waals surface area contributed by atoms with Crippen LogP contribution in [-0.4, -0.2) is 4.98 Å². The van der Waals surface area contributed by atoms with E-state index in [0.29, 0.717) is 16.8 Å². The molecular weight excluding hydrogens is 390 g/mol. The molecule has 2 aromatic heterocycles. The van der Waals surface area contributed by atoms with Crippen molar-refractivity contribution in [2.45, 2.75) is 6.37 Å². The zero-order valence-corrected chi connectivity index (χ0v) is 17.3. The molecule has 0 fully saturated rings. The van der Waals surface area contributed by atoms with Gasteiger partial charge in [-0.25, -0.2) is 0 Å². The van der Waals surface area contributed by atoms with E-state index >= 15 is 0 Å². The lowest BCUT2D eigenvalue weighted by Crippen LogP contribution is -1.91. The normalized spacial score (nSPS) is 12.6. The van der Waals surface area contributed by atoms with Crippen molar-refractivity contribution in [1.82, 2.24) is 4.98 Å². The summed E-state index contributed by atoms with van der Waals surface area (Å²) in [5.74, 6) is 0. The van der Waals surface area contributed by atoms with Crippen LogP contribution in [0.3, 0.4) is 0 Å². The molecule has 0 radical (unpaired) electrons. The van der Waals surface area contributed by atoms with E-state index in [1.165, 1.54) is 0 Å². The molecule has 0 bridgehead atoms. The second-order valence-corrected chi connectivity index (χ2v) is 7.78. The smallest absolute Gasteiger partial charge is 0.144 e. The first kappa shape index (κ1) is 16.5. The quantitative estimate of drug-likeness (QED) is 0.293. The second-order valence-electron chi connectivity index (χ2n) is 7.78. The molecule has 0 unspecified atom stereocenters. The van der Waals surface area contributed by atoms with Gasteiger partial charge in [-0.15, -0.1) is 0 Å². The number of fused-ring (bicyclic) bond motifs is 3. The highest BCUT2D eigenvalue weighted by Gasteiger charge is 2.14. The minimum Gasteiger partial charge on any atom is -0.455 e.